The third-order valence-corrected chi connectivity index (χ3v) is 5.53. The Morgan fingerprint density at radius 3 is 2.69 bits per heavy atom. The summed E-state index contributed by atoms with van der Waals surface area (Å²) < 4.78 is 10.7. The molecule has 0 aromatic carbocycles. The minimum absolute atomic E-state index is 0.158. The van der Waals surface area contributed by atoms with Crippen molar-refractivity contribution in [1.29, 1.82) is 0 Å². The Hall–Kier alpha value is -3.17. The van der Waals surface area contributed by atoms with Gasteiger partial charge in [0.15, 0.2) is 0 Å². The molecule has 0 radical (unpaired) electrons. The molecular formula is C19H23N7O3. The number of carbonyl (C=O) groups excluding carboxylic acids is 1. The van der Waals surface area contributed by atoms with Crippen LogP contribution in [0, 0.1) is 6.92 Å². The molecule has 29 heavy (non-hydrogen) atoms. The van der Waals surface area contributed by atoms with Gasteiger partial charge in [0.25, 0.3) is 0 Å². The van der Waals surface area contributed by atoms with E-state index in [-0.39, 0.29) is 12.2 Å². The van der Waals surface area contributed by atoms with Gasteiger partial charge in [-0.25, -0.2) is 19.7 Å². The van der Waals surface area contributed by atoms with Crippen LogP contribution in [0.25, 0.3) is 0 Å². The lowest BCUT2D eigenvalue weighted by atomic mass is 10.1. The Labute approximate surface area is 168 Å². The summed E-state index contributed by atoms with van der Waals surface area (Å²) in [5.41, 5.74) is 1.98. The third-order valence-electron chi connectivity index (χ3n) is 5.53. The molecule has 2 saturated heterocycles. The first-order chi connectivity index (χ1) is 14.1. The number of aryl methyl sites for hydroxylation is 1. The SMILES string of the molecule is COc1nccc(N2CC(OC(=O)N3Cc4nc(C)nc(N5CCC5)c4C3)C2)n1. The number of amides is 1. The van der Waals surface area contributed by atoms with Gasteiger partial charge in [0, 0.05) is 24.8 Å². The maximum Gasteiger partial charge on any atom is 0.410 e. The molecule has 1 amide bonds. The van der Waals surface area contributed by atoms with Crippen molar-refractivity contribution < 1.29 is 14.3 Å². The second kappa shape index (κ2) is 7.02. The van der Waals surface area contributed by atoms with Crippen LogP contribution in [0.2, 0.25) is 0 Å². The van der Waals surface area contributed by atoms with Gasteiger partial charge in [-0.1, -0.05) is 0 Å². The molecule has 0 aliphatic carbocycles. The van der Waals surface area contributed by atoms with Crippen molar-refractivity contribution in [3.8, 4) is 6.01 Å². The molecule has 3 aliphatic rings. The van der Waals surface area contributed by atoms with E-state index in [0.29, 0.717) is 32.2 Å². The number of rotatable bonds is 4. The van der Waals surface area contributed by atoms with Crippen LogP contribution < -0.4 is 14.5 Å². The maximum absolute atomic E-state index is 12.7. The van der Waals surface area contributed by atoms with Gasteiger partial charge in [-0.3, -0.25) is 4.90 Å². The molecule has 0 saturated carbocycles. The van der Waals surface area contributed by atoms with Gasteiger partial charge < -0.3 is 19.3 Å². The minimum Gasteiger partial charge on any atom is -0.467 e. The molecule has 0 unspecified atom stereocenters. The molecule has 0 bridgehead atoms. The predicted octanol–water partition coefficient (Wildman–Crippen LogP) is 1.13. The van der Waals surface area contributed by atoms with E-state index in [1.165, 1.54) is 13.5 Å². The van der Waals surface area contributed by atoms with Crippen LogP contribution in [-0.4, -0.2) is 70.3 Å². The molecule has 3 aliphatic heterocycles. The van der Waals surface area contributed by atoms with Crippen molar-refractivity contribution in [2.45, 2.75) is 32.5 Å². The normalized spacial score (nSPS) is 18.2. The van der Waals surface area contributed by atoms with Crippen LogP contribution >= 0.6 is 0 Å². The average Bonchev–Trinajstić information content (AvgIpc) is 3.07. The monoisotopic (exact) mass is 397 g/mol. The summed E-state index contributed by atoms with van der Waals surface area (Å²) in [6.45, 7) is 6.10. The highest BCUT2D eigenvalue weighted by molar-refractivity contribution is 5.70. The van der Waals surface area contributed by atoms with Crippen LogP contribution in [0.1, 0.15) is 23.5 Å². The lowest BCUT2D eigenvalue weighted by Crippen LogP contribution is -2.54. The molecule has 0 N–H and O–H groups in total. The predicted molar refractivity (Wildman–Crippen MR) is 104 cm³/mol. The average molecular weight is 397 g/mol. The minimum atomic E-state index is -0.305. The summed E-state index contributed by atoms with van der Waals surface area (Å²) in [6.07, 6.45) is 2.37. The number of hydrogen-bond acceptors (Lipinski definition) is 9. The van der Waals surface area contributed by atoms with E-state index in [4.69, 9.17) is 9.47 Å². The van der Waals surface area contributed by atoms with E-state index >= 15 is 0 Å². The van der Waals surface area contributed by atoms with Crippen molar-refractivity contribution >= 4 is 17.7 Å². The zero-order valence-electron chi connectivity index (χ0n) is 16.5. The summed E-state index contributed by atoms with van der Waals surface area (Å²) in [5, 5.41) is 0. The Balaban J connectivity index is 1.19. The molecule has 10 heteroatoms. The van der Waals surface area contributed by atoms with Crippen molar-refractivity contribution in [2.24, 2.45) is 0 Å². The third kappa shape index (κ3) is 3.28. The van der Waals surface area contributed by atoms with E-state index in [1.807, 2.05) is 17.9 Å². The molecule has 2 fully saturated rings. The summed E-state index contributed by atoms with van der Waals surface area (Å²) in [4.78, 5) is 36.1. The second-order valence-electron chi connectivity index (χ2n) is 7.53. The van der Waals surface area contributed by atoms with E-state index in [9.17, 15) is 4.79 Å². The van der Waals surface area contributed by atoms with Crippen LogP contribution in [0.15, 0.2) is 12.3 Å². The highest BCUT2D eigenvalue weighted by atomic mass is 16.6. The Morgan fingerprint density at radius 2 is 1.97 bits per heavy atom. The number of ether oxygens (including phenoxy) is 2. The number of aromatic nitrogens is 4. The van der Waals surface area contributed by atoms with Gasteiger partial charge in [-0.05, 0) is 19.4 Å². The summed E-state index contributed by atoms with van der Waals surface area (Å²) >= 11 is 0. The van der Waals surface area contributed by atoms with E-state index in [0.717, 1.165) is 41.8 Å². The Morgan fingerprint density at radius 1 is 1.14 bits per heavy atom. The molecule has 5 heterocycles. The van der Waals surface area contributed by atoms with Gasteiger partial charge in [0.05, 0.1) is 39.0 Å². The smallest absolute Gasteiger partial charge is 0.410 e. The largest absolute Gasteiger partial charge is 0.467 e. The number of carbonyl (C=O) groups is 1. The Kier molecular flexibility index (Phi) is 4.33. The van der Waals surface area contributed by atoms with Crippen LogP contribution in [0.3, 0.4) is 0 Å². The number of anilines is 2. The van der Waals surface area contributed by atoms with Gasteiger partial charge in [0.1, 0.15) is 23.6 Å². The lowest BCUT2D eigenvalue weighted by Gasteiger charge is -2.39. The fourth-order valence-electron chi connectivity index (χ4n) is 3.80. The van der Waals surface area contributed by atoms with E-state index in [1.54, 1.807) is 11.1 Å². The molecule has 10 nitrogen and oxygen atoms in total. The summed E-state index contributed by atoms with van der Waals surface area (Å²) in [5.74, 6) is 2.49. The number of methoxy groups -OCH3 is 1. The molecule has 152 valence electrons. The lowest BCUT2D eigenvalue weighted by molar-refractivity contribution is 0.0488. The molecule has 5 rings (SSSR count). The van der Waals surface area contributed by atoms with E-state index < -0.39 is 0 Å². The van der Waals surface area contributed by atoms with Crippen molar-refractivity contribution in [3.63, 3.8) is 0 Å². The fraction of sp³-hybridized carbons (Fsp3) is 0.526. The molecule has 2 aromatic heterocycles. The highest BCUT2D eigenvalue weighted by Gasteiger charge is 2.36. The van der Waals surface area contributed by atoms with Crippen LogP contribution in [0.4, 0.5) is 16.4 Å². The quantitative estimate of drug-likeness (QED) is 0.752. The Bertz CT molecular complexity index is 943. The fourth-order valence-corrected chi connectivity index (χ4v) is 3.80. The van der Waals surface area contributed by atoms with Crippen molar-refractivity contribution in [3.05, 3.63) is 29.3 Å². The topological polar surface area (TPSA) is 96.8 Å². The maximum atomic E-state index is 12.7. The molecule has 0 atom stereocenters. The molecular weight excluding hydrogens is 374 g/mol. The number of fused-ring (bicyclic) bond motifs is 1. The second-order valence-corrected chi connectivity index (χ2v) is 7.53. The standard InChI is InChI=1S/C19H23N7O3/c1-12-21-15-11-26(10-14(15)17(22-12)24-6-3-7-24)19(27)29-13-8-25(9-13)16-4-5-20-18(23-16)28-2/h4-5,13H,3,6-11H2,1-2H3. The van der Waals surface area contributed by atoms with Crippen LogP contribution in [0.5, 0.6) is 6.01 Å². The van der Waals surface area contributed by atoms with Gasteiger partial charge in [-0.15, -0.1) is 0 Å². The summed E-state index contributed by atoms with van der Waals surface area (Å²) in [6, 6.07) is 2.14. The zero-order chi connectivity index (χ0) is 20.0. The van der Waals surface area contributed by atoms with Crippen molar-refractivity contribution in [1.82, 2.24) is 24.8 Å². The van der Waals surface area contributed by atoms with Crippen LogP contribution in [-0.2, 0) is 17.8 Å². The summed E-state index contributed by atoms with van der Waals surface area (Å²) in [7, 11) is 1.53. The first-order valence-corrected chi connectivity index (χ1v) is 9.79. The van der Waals surface area contributed by atoms with E-state index in [2.05, 4.69) is 24.8 Å². The highest BCUT2D eigenvalue weighted by Crippen LogP contribution is 2.32. The van der Waals surface area contributed by atoms with Gasteiger partial charge >= 0.3 is 12.1 Å². The molecule has 2 aromatic rings. The first kappa shape index (κ1) is 17.9. The number of nitrogens with zero attached hydrogens (tertiary/aromatic N) is 7. The number of hydrogen-bond donors (Lipinski definition) is 0. The first-order valence-electron chi connectivity index (χ1n) is 9.79. The zero-order valence-corrected chi connectivity index (χ0v) is 16.5. The van der Waals surface area contributed by atoms with Gasteiger partial charge in [-0.2, -0.15) is 4.98 Å². The molecule has 0 spiro atoms. The van der Waals surface area contributed by atoms with Crippen molar-refractivity contribution in [2.75, 3.05) is 43.1 Å². The van der Waals surface area contributed by atoms with Gasteiger partial charge in [0.2, 0.25) is 0 Å².